The second-order valence-electron chi connectivity index (χ2n) is 11.0. The van der Waals surface area contributed by atoms with Gasteiger partial charge >= 0.3 is 0 Å². The molecule has 198 valence electrons. The van der Waals surface area contributed by atoms with Gasteiger partial charge in [-0.15, -0.1) is 0 Å². The maximum absolute atomic E-state index is 12.1. The third-order valence-corrected chi connectivity index (χ3v) is 8.17. The van der Waals surface area contributed by atoms with Gasteiger partial charge in [-0.25, -0.2) is 0 Å². The Balaban J connectivity index is 1.22. The molecule has 4 nitrogen and oxygen atoms in total. The Morgan fingerprint density at radius 3 is 2.61 bits per heavy atom. The van der Waals surface area contributed by atoms with Crippen molar-refractivity contribution in [2.45, 2.75) is 52.4 Å². The van der Waals surface area contributed by atoms with Crippen LogP contribution >= 0.6 is 11.6 Å². The Bertz CT molecular complexity index is 1420. The zero-order valence-electron chi connectivity index (χ0n) is 22.7. The highest BCUT2D eigenvalue weighted by Crippen LogP contribution is 2.36. The summed E-state index contributed by atoms with van der Waals surface area (Å²) in [4.78, 5) is 18.4. The van der Waals surface area contributed by atoms with E-state index in [2.05, 4.69) is 70.7 Å². The topological polar surface area (TPSA) is 48.1 Å². The monoisotopic (exact) mass is 527 g/mol. The fraction of sp³-hybridized carbons (Fsp3) is 0.364. The first-order chi connectivity index (χ1) is 18.4. The van der Waals surface area contributed by atoms with E-state index in [0.717, 1.165) is 67.3 Å². The normalized spacial score (nSPS) is 14.9. The van der Waals surface area contributed by atoms with Gasteiger partial charge in [0.15, 0.2) is 0 Å². The number of hydrogen-bond donors (Lipinski definition) is 2. The number of carbonyl (C=O) groups is 1. The summed E-state index contributed by atoms with van der Waals surface area (Å²) >= 11 is 6.61. The first-order valence-corrected chi connectivity index (χ1v) is 14.3. The maximum atomic E-state index is 12.1. The molecule has 0 saturated carbocycles. The first kappa shape index (κ1) is 26.5. The Kier molecular flexibility index (Phi) is 8.21. The smallest absolute Gasteiger partial charge is 0.226 e. The van der Waals surface area contributed by atoms with Crippen LogP contribution < -0.4 is 5.32 Å². The molecular weight excluding hydrogens is 490 g/mol. The summed E-state index contributed by atoms with van der Waals surface area (Å²) in [6, 6.07) is 23.2. The number of aromatic nitrogens is 1. The van der Waals surface area contributed by atoms with Gasteiger partial charge in [-0.3, -0.25) is 4.79 Å². The molecule has 38 heavy (non-hydrogen) atoms. The molecule has 1 aliphatic rings. The van der Waals surface area contributed by atoms with Crippen LogP contribution in [0.2, 0.25) is 5.02 Å². The minimum Gasteiger partial charge on any atom is -0.354 e. The molecule has 0 radical (unpaired) electrons. The van der Waals surface area contributed by atoms with Crippen LogP contribution in [0, 0.1) is 12.8 Å². The Hall–Kier alpha value is -3.08. The molecule has 0 unspecified atom stereocenters. The number of rotatable bonds is 8. The molecule has 3 aromatic carbocycles. The van der Waals surface area contributed by atoms with Crippen LogP contribution in [-0.4, -0.2) is 35.4 Å². The molecular formula is C33H38ClN3O. The highest BCUT2D eigenvalue weighted by atomic mass is 35.5. The largest absolute Gasteiger partial charge is 0.354 e. The summed E-state index contributed by atoms with van der Waals surface area (Å²) in [6.07, 6.45) is 4.43. The van der Waals surface area contributed by atoms with Crippen LogP contribution in [-0.2, 0) is 11.2 Å². The number of H-pyrrole nitrogens is 1. The van der Waals surface area contributed by atoms with Crippen LogP contribution in [0.5, 0.6) is 0 Å². The van der Waals surface area contributed by atoms with Gasteiger partial charge in [-0.2, -0.15) is 0 Å². The maximum Gasteiger partial charge on any atom is 0.226 e. The van der Waals surface area contributed by atoms with Gasteiger partial charge in [-0.1, -0.05) is 67.4 Å². The summed E-state index contributed by atoms with van der Waals surface area (Å²) in [6.45, 7) is 9.31. The summed E-state index contributed by atoms with van der Waals surface area (Å²) in [5.74, 6) is 0.599. The van der Waals surface area contributed by atoms with Gasteiger partial charge in [0, 0.05) is 33.1 Å². The molecule has 1 fully saturated rings. The van der Waals surface area contributed by atoms with Crippen molar-refractivity contribution in [2.24, 2.45) is 5.92 Å². The Morgan fingerprint density at radius 1 is 1.05 bits per heavy atom. The molecule has 1 amide bonds. The number of nitrogens with zero attached hydrogens (tertiary/aromatic N) is 1. The van der Waals surface area contributed by atoms with Crippen LogP contribution in [0.25, 0.3) is 22.2 Å². The minimum absolute atomic E-state index is 0.0177. The van der Waals surface area contributed by atoms with Gasteiger partial charge in [0.2, 0.25) is 5.91 Å². The number of carbonyl (C=O) groups excluding carboxylic acids is 1. The van der Waals surface area contributed by atoms with E-state index in [1.807, 2.05) is 32.0 Å². The molecule has 1 aliphatic heterocycles. The SMILES string of the molecule is Cc1ccc2[nH]c(-c3ccccc3Cl)c(CCCN3CCC(c4cccc(NC(=O)C(C)C)c4)CC3)c2c1. The van der Waals surface area contributed by atoms with Gasteiger partial charge < -0.3 is 15.2 Å². The number of halogens is 1. The highest BCUT2D eigenvalue weighted by Gasteiger charge is 2.22. The van der Waals surface area contributed by atoms with Crippen molar-refractivity contribution in [1.82, 2.24) is 9.88 Å². The lowest BCUT2D eigenvalue weighted by molar-refractivity contribution is -0.118. The number of hydrogen-bond acceptors (Lipinski definition) is 2. The number of piperidine rings is 1. The number of fused-ring (bicyclic) bond motifs is 1. The summed E-state index contributed by atoms with van der Waals surface area (Å²) in [5, 5.41) is 5.14. The van der Waals surface area contributed by atoms with Crippen molar-refractivity contribution in [3.05, 3.63) is 88.4 Å². The lowest BCUT2D eigenvalue weighted by Gasteiger charge is -2.32. The second-order valence-corrected chi connectivity index (χ2v) is 11.4. The van der Waals surface area contributed by atoms with Crippen molar-refractivity contribution >= 4 is 34.1 Å². The van der Waals surface area contributed by atoms with E-state index in [9.17, 15) is 4.79 Å². The number of nitrogens with one attached hydrogen (secondary N) is 2. The molecule has 5 rings (SSSR count). The second kappa shape index (κ2) is 11.8. The van der Waals surface area contributed by atoms with Crippen LogP contribution in [0.3, 0.4) is 0 Å². The molecule has 1 saturated heterocycles. The number of benzene rings is 3. The highest BCUT2D eigenvalue weighted by molar-refractivity contribution is 6.33. The molecule has 2 heterocycles. The summed E-state index contributed by atoms with van der Waals surface area (Å²) in [7, 11) is 0. The minimum atomic E-state index is -0.0177. The lowest BCUT2D eigenvalue weighted by Crippen LogP contribution is -2.33. The third-order valence-electron chi connectivity index (χ3n) is 7.84. The van der Waals surface area contributed by atoms with Gasteiger partial charge in [0.1, 0.15) is 0 Å². The Labute approximate surface area is 231 Å². The van der Waals surface area contributed by atoms with Crippen molar-refractivity contribution in [1.29, 1.82) is 0 Å². The number of anilines is 1. The average molecular weight is 528 g/mol. The van der Waals surface area contributed by atoms with Crippen molar-refractivity contribution in [3.63, 3.8) is 0 Å². The average Bonchev–Trinajstić information content (AvgIpc) is 3.26. The van der Waals surface area contributed by atoms with Crippen molar-refractivity contribution < 1.29 is 4.79 Å². The van der Waals surface area contributed by atoms with E-state index in [0.29, 0.717) is 5.92 Å². The standard InChI is InChI=1S/C33H38ClN3O/c1-22(2)33(38)35-26-9-6-8-25(21-26)24-15-18-37(19-16-24)17-7-11-27-29-20-23(3)13-14-31(29)36-32(27)28-10-4-5-12-30(28)34/h4-6,8-10,12-14,20-22,24,36H,7,11,15-19H2,1-3H3,(H,35,38). The quantitative estimate of drug-likeness (QED) is 0.242. The van der Waals surface area contributed by atoms with E-state index >= 15 is 0 Å². The fourth-order valence-electron chi connectivity index (χ4n) is 5.64. The molecule has 0 atom stereocenters. The van der Waals surface area contributed by atoms with Crippen molar-refractivity contribution in [3.8, 4) is 11.3 Å². The number of aryl methyl sites for hydroxylation is 2. The molecule has 0 bridgehead atoms. The van der Waals surface area contributed by atoms with E-state index < -0.39 is 0 Å². The predicted molar refractivity (Wildman–Crippen MR) is 160 cm³/mol. The van der Waals surface area contributed by atoms with Crippen LogP contribution in [0.1, 0.15) is 55.7 Å². The molecule has 4 aromatic rings. The summed E-state index contributed by atoms with van der Waals surface area (Å²) in [5.41, 5.74) is 8.29. The zero-order chi connectivity index (χ0) is 26.6. The van der Waals surface area contributed by atoms with Gasteiger partial charge in [-0.05, 0) is 99.6 Å². The van der Waals surface area contributed by atoms with E-state index in [-0.39, 0.29) is 11.8 Å². The predicted octanol–water partition coefficient (Wildman–Crippen LogP) is 8.20. The summed E-state index contributed by atoms with van der Waals surface area (Å²) < 4.78 is 0. The first-order valence-electron chi connectivity index (χ1n) is 13.9. The molecule has 0 spiro atoms. The lowest BCUT2D eigenvalue weighted by atomic mass is 9.89. The van der Waals surface area contributed by atoms with Crippen molar-refractivity contribution in [2.75, 3.05) is 25.0 Å². The van der Waals surface area contributed by atoms with E-state index in [4.69, 9.17) is 11.6 Å². The zero-order valence-corrected chi connectivity index (χ0v) is 23.4. The number of amides is 1. The van der Waals surface area contributed by atoms with E-state index in [1.165, 1.54) is 27.6 Å². The third kappa shape index (κ3) is 5.98. The fourth-order valence-corrected chi connectivity index (χ4v) is 5.87. The van der Waals surface area contributed by atoms with E-state index in [1.54, 1.807) is 0 Å². The molecule has 5 heteroatoms. The van der Waals surface area contributed by atoms with Crippen LogP contribution in [0.15, 0.2) is 66.7 Å². The van der Waals surface area contributed by atoms with Gasteiger partial charge in [0.05, 0.1) is 5.69 Å². The number of aromatic amines is 1. The Morgan fingerprint density at radius 2 is 1.84 bits per heavy atom. The molecule has 0 aliphatic carbocycles. The number of likely N-dealkylation sites (tertiary alicyclic amines) is 1. The molecule has 1 aromatic heterocycles. The van der Waals surface area contributed by atoms with Crippen LogP contribution in [0.4, 0.5) is 5.69 Å². The molecule has 2 N–H and O–H groups in total. The van der Waals surface area contributed by atoms with Gasteiger partial charge in [0.25, 0.3) is 0 Å².